The number of halogens is 1. The molecule has 0 atom stereocenters. The third-order valence-corrected chi connectivity index (χ3v) is 3.39. The van der Waals surface area contributed by atoms with Gasteiger partial charge in [0.15, 0.2) is 0 Å². The molecule has 0 spiro atoms. The first-order chi connectivity index (χ1) is 9.74. The van der Waals surface area contributed by atoms with Gasteiger partial charge in [-0.15, -0.1) is 0 Å². The lowest BCUT2D eigenvalue weighted by Crippen LogP contribution is -2.36. The van der Waals surface area contributed by atoms with Crippen LogP contribution in [0.3, 0.4) is 0 Å². The second-order valence-corrected chi connectivity index (χ2v) is 4.99. The lowest BCUT2D eigenvalue weighted by molar-refractivity contribution is -0.128. The predicted molar refractivity (Wildman–Crippen MR) is 75.0 cm³/mol. The Bertz CT molecular complexity index is 416. The zero-order chi connectivity index (χ0) is 14.2. The van der Waals surface area contributed by atoms with E-state index in [1.165, 1.54) is 12.1 Å². The Hall–Kier alpha value is -1.46. The maximum Gasteiger partial charge on any atom is 0.246 e. The lowest BCUT2D eigenvalue weighted by atomic mass is 10.1. The van der Waals surface area contributed by atoms with Crippen molar-refractivity contribution in [3.05, 3.63) is 35.6 Å². The van der Waals surface area contributed by atoms with E-state index < -0.39 is 0 Å². The summed E-state index contributed by atoms with van der Waals surface area (Å²) in [6.07, 6.45) is 2.81. The molecule has 0 radical (unpaired) electrons. The van der Waals surface area contributed by atoms with Crippen LogP contribution in [0.25, 0.3) is 0 Å². The minimum Gasteiger partial charge on any atom is -0.368 e. The fraction of sp³-hybridized carbons (Fsp3) is 0.533. The normalized spacial score (nSPS) is 16.1. The number of carbonyl (C=O) groups is 1. The van der Waals surface area contributed by atoms with Crippen LogP contribution in [0, 0.1) is 5.82 Å². The van der Waals surface area contributed by atoms with Crippen LogP contribution in [0.1, 0.15) is 18.4 Å². The summed E-state index contributed by atoms with van der Waals surface area (Å²) in [7, 11) is 0. The molecule has 0 aliphatic carbocycles. The molecular weight excluding hydrogens is 259 g/mol. The molecule has 0 unspecified atom stereocenters. The van der Waals surface area contributed by atoms with E-state index in [1.807, 2.05) is 0 Å². The molecule has 1 aromatic rings. The largest absolute Gasteiger partial charge is 0.368 e. The Morgan fingerprint density at radius 3 is 2.70 bits per heavy atom. The quantitative estimate of drug-likeness (QED) is 0.824. The Morgan fingerprint density at radius 2 is 2.00 bits per heavy atom. The Morgan fingerprint density at radius 1 is 1.30 bits per heavy atom. The predicted octanol–water partition coefficient (Wildman–Crippen LogP) is 1.25. The van der Waals surface area contributed by atoms with E-state index in [1.54, 1.807) is 12.1 Å². The molecule has 1 aliphatic heterocycles. The van der Waals surface area contributed by atoms with Gasteiger partial charge in [-0.1, -0.05) is 12.1 Å². The van der Waals surface area contributed by atoms with Crippen LogP contribution in [-0.2, 0) is 16.0 Å². The van der Waals surface area contributed by atoms with E-state index >= 15 is 0 Å². The number of carbonyl (C=O) groups excluding carboxylic acids is 1. The van der Waals surface area contributed by atoms with Crippen LogP contribution in [0.5, 0.6) is 0 Å². The van der Waals surface area contributed by atoms with Gasteiger partial charge in [-0.05, 0) is 50.0 Å². The summed E-state index contributed by atoms with van der Waals surface area (Å²) in [5, 5.41) is 6.06. The minimum absolute atomic E-state index is 0.0920. The van der Waals surface area contributed by atoms with E-state index in [4.69, 9.17) is 4.74 Å². The topological polar surface area (TPSA) is 50.4 Å². The van der Waals surface area contributed by atoms with Gasteiger partial charge in [-0.2, -0.15) is 0 Å². The summed E-state index contributed by atoms with van der Waals surface area (Å²) in [6, 6.07) is 6.31. The van der Waals surface area contributed by atoms with Crippen molar-refractivity contribution in [3.8, 4) is 0 Å². The van der Waals surface area contributed by atoms with Crippen molar-refractivity contribution in [3.63, 3.8) is 0 Å². The molecule has 2 rings (SSSR count). The highest BCUT2D eigenvalue weighted by atomic mass is 19.1. The van der Waals surface area contributed by atoms with Gasteiger partial charge in [0.1, 0.15) is 12.4 Å². The Labute approximate surface area is 118 Å². The van der Waals surface area contributed by atoms with Crippen molar-refractivity contribution >= 4 is 5.91 Å². The molecule has 1 aromatic carbocycles. The van der Waals surface area contributed by atoms with Crippen LogP contribution >= 0.6 is 0 Å². The summed E-state index contributed by atoms with van der Waals surface area (Å²) < 4.78 is 18.3. The standard InChI is InChI=1S/C15H21FN2O2/c16-13-3-1-12(2-4-13)5-10-18-15(19)11-20-14-6-8-17-9-7-14/h1-4,14,17H,5-11H2,(H,18,19). The maximum atomic E-state index is 12.7. The summed E-state index contributed by atoms with van der Waals surface area (Å²) >= 11 is 0. The molecule has 0 saturated carbocycles. The molecular formula is C15H21FN2O2. The number of nitrogens with one attached hydrogen (secondary N) is 2. The minimum atomic E-state index is -0.242. The molecule has 1 saturated heterocycles. The number of ether oxygens (including phenoxy) is 1. The number of hydrogen-bond donors (Lipinski definition) is 2. The molecule has 20 heavy (non-hydrogen) atoms. The Kier molecular flexibility index (Phi) is 5.95. The van der Waals surface area contributed by atoms with Gasteiger partial charge in [-0.25, -0.2) is 4.39 Å². The van der Waals surface area contributed by atoms with Crippen molar-refractivity contribution < 1.29 is 13.9 Å². The van der Waals surface area contributed by atoms with Crippen LogP contribution < -0.4 is 10.6 Å². The van der Waals surface area contributed by atoms with Gasteiger partial charge in [0, 0.05) is 6.54 Å². The molecule has 110 valence electrons. The average Bonchev–Trinajstić information content (AvgIpc) is 2.48. The van der Waals surface area contributed by atoms with E-state index in [2.05, 4.69) is 10.6 Å². The summed E-state index contributed by atoms with van der Waals surface area (Å²) in [4.78, 5) is 11.6. The first-order valence-electron chi connectivity index (χ1n) is 7.07. The molecule has 4 nitrogen and oxygen atoms in total. The first-order valence-corrected chi connectivity index (χ1v) is 7.07. The summed E-state index contributed by atoms with van der Waals surface area (Å²) in [5.74, 6) is -0.334. The molecule has 1 aliphatic rings. The van der Waals surface area contributed by atoms with Crippen LogP contribution in [0.15, 0.2) is 24.3 Å². The van der Waals surface area contributed by atoms with Crippen molar-refractivity contribution in [2.24, 2.45) is 0 Å². The van der Waals surface area contributed by atoms with E-state index in [0.717, 1.165) is 31.5 Å². The third kappa shape index (κ3) is 5.27. The van der Waals surface area contributed by atoms with E-state index in [0.29, 0.717) is 13.0 Å². The Balaban J connectivity index is 1.58. The highest BCUT2D eigenvalue weighted by Crippen LogP contribution is 2.06. The third-order valence-electron chi connectivity index (χ3n) is 3.39. The maximum absolute atomic E-state index is 12.7. The van der Waals surface area contributed by atoms with Crippen molar-refractivity contribution in [2.45, 2.75) is 25.4 Å². The zero-order valence-electron chi connectivity index (χ0n) is 11.5. The monoisotopic (exact) mass is 280 g/mol. The number of benzene rings is 1. The van der Waals surface area contributed by atoms with Gasteiger partial charge in [-0.3, -0.25) is 4.79 Å². The van der Waals surface area contributed by atoms with Gasteiger partial charge in [0.25, 0.3) is 0 Å². The summed E-state index contributed by atoms with van der Waals surface area (Å²) in [5.41, 5.74) is 1.01. The smallest absolute Gasteiger partial charge is 0.246 e. The summed E-state index contributed by atoms with van der Waals surface area (Å²) in [6.45, 7) is 2.57. The van der Waals surface area contributed by atoms with Gasteiger partial charge >= 0.3 is 0 Å². The number of rotatable bonds is 6. The van der Waals surface area contributed by atoms with Crippen LogP contribution in [0.2, 0.25) is 0 Å². The molecule has 0 bridgehead atoms. The molecule has 1 fully saturated rings. The van der Waals surface area contributed by atoms with Gasteiger partial charge < -0.3 is 15.4 Å². The SMILES string of the molecule is O=C(COC1CCNCC1)NCCc1ccc(F)cc1. The fourth-order valence-corrected chi connectivity index (χ4v) is 2.20. The second-order valence-electron chi connectivity index (χ2n) is 4.99. The number of amides is 1. The van der Waals surface area contributed by atoms with Crippen LogP contribution in [-0.4, -0.2) is 38.3 Å². The molecule has 0 aromatic heterocycles. The van der Waals surface area contributed by atoms with Gasteiger partial charge in [0.05, 0.1) is 6.10 Å². The first kappa shape index (κ1) is 14.9. The lowest BCUT2D eigenvalue weighted by Gasteiger charge is -2.22. The highest BCUT2D eigenvalue weighted by molar-refractivity contribution is 5.77. The van der Waals surface area contributed by atoms with Crippen molar-refractivity contribution in [1.82, 2.24) is 10.6 Å². The van der Waals surface area contributed by atoms with Gasteiger partial charge in [0.2, 0.25) is 5.91 Å². The van der Waals surface area contributed by atoms with Crippen LogP contribution in [0.4, 0.5) is 4.39 Å². The highest BCUT2D eigenvalue weighted by Gasteiger charge is 2.14. The molecule has 1 amide bonds. The zero-order valence-corrected chi connectivity index (χ0v) is 11.5. The van der Waals surface area contributed by atoms with Crippen molar-refractivity contribution in [1.29, 1.82) is 0 Å². The molecule has 2 N–H and O–H groups in total. The second kappa shape index (κ2) is 7.97. The van der Waals surface area contributed by atoms with E-state index in [9.17, 15) is 9.18 Å². The fourth-order valence-electron chi connectivity index (χ4n) is 2.20. The number of piperidine rings is 1. The van der Waals surface area contributed by atoms with Crippen molar-refractivity contribution in [2.75, 3.05) is 26.2 Å². The molecule has 5 heteroatoms. The molecule has 1 heterocycles. The number of hydrogen-bond acceptors (Lipinski definition) is 3. The van der Waals surface area contributed by atoms with E-state index in [-0.39, 0.29) is 24.4 Å². The average molecular weight is 280 g/mol.